The zero-order valence-corrected chi connectivity index (χ0v) is 6.20. The van der Waals surface area contributed by atoms with Crippen molar-refractivity contribution < 1.29 is 11.0 Å². The molecular formula is C8H11NO2. The second kappa shape index (κ2) is 3.05. The number of nitrogen functional groups attached to an aromatic ring is 1. The molecule has 0 saturated carbocycles. The summed E-state index contributed by atoms with van der Waals surface area (Å²) in [6.45, 7) is 0. The third kappa shape index (κ3) is 1.70. The molecular weight excluding hydrogens is 142 g/mol. The molecule has 0 bridgehead atoms. The van der Waals surface area contributed by atoms with Gasteiger partial charge in [0.05, 0.1) is 12.7 Å². The molecule has 1 rings (SSSR count). The molecule has 0 atom stereocenters. The van der Waals surface area contributed by atoms with E-state index in [1.807, 2.05) is 0 Å². The van der Waals surface area contributed by atoms with Gasteiger partial charge in [0, 0.05) is 7.11 Å². The Hall–Kier alpha value is -1.51. The van der Waals surface area contributed by atoms with Crippen molar-refractivity contribution in [3.8, 4) is 0 Å². The van der Waals surface area contributed by atoms with Crippen LogP contribution in [0.15, 0.2) is 24.3 Å². The van der Waals surface area contributed by atoms with E-state index in [4.69, 9.17) is 5.73 Å². The smallest absolute Gasteiger partial charge is 0.337 e. The van der Waals surface area contributed by atoms with Crippen LogP contribution < -0.4 is 5.73 Å². The molecule has 11 heavy (non-hydrogen) atoms. The normalized spacial score (nSPS) is 9.18. The maximum Gasteiger partial charge on any atom is 0.337 e. The predicted molar refractivity (Wildman–Crippen MR) is 44.3 cm³/mol. The van der Waals surface area contributed by atoms with Crippen molar-refractivity contribution in [3.63, 3.8) is 0 Å². The van der Waals surface area contributed by atoms with E-state index in [2.05, 4.69) is 4.74 Å². The molecule has 0 fully saturated rings. The van der Waals surface area contributed by atoms with Crippen LogP contribution in [-0.2, 0) is 4.74 Å². The Labute approximate surface area is 66.3 Å². The Kier molecular flexibility index (Phi) is 2.11. The van der Waals surface area contributed by atoms with Gasteiger partial charge in [0.25, 0.3) is 0 Å². The van der Waals surface area contributed by atoms with Crippen molar-refractivity contribution in [2.75, 3.05) is 12.8 Å². The van der Waals surface area contributed by atoms with Gasteiger partial charge in [-0.3, -0.25) is 0 Å². The molecule has 0 saturated heterocycles. The summed E-state index contributed by atoms with van der Waals surface area (Å²) in [4.78, 5) is 10.9. The minimum atomic E-state index is -0.364. The van der Waals surface area contributed by atoms with Crippen molar-refractivity contribution in [3.05, 3.63) is 29.8 Å². The summed E-state index contributed by atoms with van der Waals surface area (Å²) < 4.78 is 4.50. The van der Waals surface area contributed by atoms with Crippen LogP contribution in [0.4, 0.5) is 5.69 Å². The van der Waals surface area contributed by atoms with Gasteiger partial charge in [-0.2, -0.15) is 0 Å². The molecule has 60 valence electrons. The second-order valence-electron chi connectivity index (χ2n) is 2.12. The molecule has 0 amide bonds. The average Bonchev–Trinajstić information content (AvgIpc) is 2.03. The lowest BCUT2D eigenvalue weighted by Gasteiger charge is -1.98. The maximum atomic E-state index is 10.9. The van der Waals surface area contributed by atoms with E-state index in [1.54, 1.807) is 24.3 Å². The molecule has 0 aromatic heterocycles. The van der Waals surface area contributed by atoms with E-state index < -0.39 is 0 Å². The SMILES string of the molecule is COC(=O)c1cccc(N)c1.[HH]. The number of hydrogen-bond acceptors (Lipinski definition) is 3. The van der Waals surface area contributed by atoms with Gasteiger partial charge in [-0.05, 0) is 18.2 Å². The number of esters is 1. The summed E-state index contributed by atoms with van der Waals surface area (Å²) in [5.74, 6) is -0.364. The lowest BCUT2D eigenvalue weighted by atomic mass is 10.2. The van der Waals surface area contributed by atoms with Crippen molar-refractivity contribution in [2.24, 2.45) is 0 Å². The van der Waals surface area contributed by atoms with E-state index in [0.717, 1.165) is 0 Å². The summed E-state index contributed by atoms with van der Waals surface area (Å²) in [5, 5.41) is 0. The highest BCUT2D eigenvalue weighted by molar-refractivity contribution is 5.90. The number of anilines is 1. The first-order valence-electron chi connectivity index (χ1n) is 3.18. The van der Waals surface area contributed by atoms with Crippen LogP contribution in [0.5, 0.6) is 0 Å². The number of methoxy groups -OCH3 is 1. The maximum absolute atomic E-state index is 10.9. The van der Waals surface area contributed by atoms with Gasteiger partial charge in [0.2, 0.25) is 0 Å². The van der Waals surface area contributed by atoms with Crippen LogP contribution in [0.2, 0.25) is 0 Å². The Balaban J connectivity index is 0.00000121. The van der Waals surface area contributed by atoms with Gasteiger partial charge in [-0.25, -0.2) is 4.79 Å². The molecule has 0 aliphatic heterocycles. The summed E-state index contributed by atoms with van der Waals surface area (Å²) >= 11 is 0. The topological polar surface area (TPSA) is 52.3 Å². The number of hydrogen-bond donors (Lipinski definition) is 1. The van der Waals surface area contributed by atoms with E-state index in [0.29, 0.717) is 11.3 Å². The fourth-order valence-electron chi connectivity index (χ4n) is 0.783. The molecule has 0 aliphatic rings. The van der Waals surface area contributed by atoms with Crippen molar-refractivity contribution in [2.45, 2.75) is 0 Å². The molecule has 0 unspecified atom stereocenters. The van der Waals surface area contributed by atoms with Crippen LogP contribution >= 0.6 is 0 Å². The molecule has 0 spiro atoms. The fourth-order valence-corrected chi connectivity index (χ4v) is 0.783. The fraction of sp³-hybridized carbons (Fsp3) is 0.125. The van der Waals surface area contributed by atoms with Crippen LogP contribution in [0.1, 0.15) is 11.8 Å². The second-order valence-corrected chi connectivity index (χ2v) is 2.12. The van der Waals surface area contributed by atoms with Crippen molar-refractivity contribution in [1.82, 2.24) is 0 Å². The van der Waals surface area contributed by atoms with Crippen LogP contribution in [-0.4, -0.2) is 13.1 Å². The molecule has 0 radical (unpaired) electrons. The first kappa shape index (κ1) is 7.60. The van der Waals surface area contributed by atoms with E-state index in [9.17, 15) is 4.79 Å². The lowest BCUT2D eigenvalue weighted by molar-refractivity contribution is 0.0601. The number of ether oxygens (including phenoxy) is 1. The third-order valence-corrected chi connectivity index (χ3v) is 1.31. The first-order chi connectivity index (χ1) is 5.24. The zero-order valence-electron chi connectivity index (χ0n) is 6.20. The van der Waals surface area contributed by atoms with E-state index >= 15 is 0 Å². The number of carbonyl (C=O) groups excluding carboxylic acids is 1. The highest BCUT2D eigenvalue weighted by Gasteiger charge is 2.02. The van der Waals surface area contributed by atoms with E-state index in [-0.39, 0.29) is 7.40 Å². The van der Waals surface area contributed by atoms with Gasteiger partial charge < -0.3 is 10.5 Å². The highest BCUT2D eigenvalue weighted by atomic mass is 16.5. The first-order valence-corrected chi connectivity index (χ1v) is 3.18. The monoisotopic (exact) mass is 153 g/mol. The van der Waals surface area contributed by atoms with Crippen LogP contribution in [0.25, 0.3) is 0 Å². The van der Waals surface area contributed by atoms with Crippen molar-refractivity contribution >= 4 is 11.7 Å². The van der Waals surface area contributed by atoms with Gasteiger partial charge in [-0.15, -0.1) is 0 Å². The summed E-state index contributed by atoms with van der Waals surface area (Å²) in [5.41, 5.74) is 6.49. The summed E-state index contributed by atoms with van der Waals surface area (Å²) in [6, 6.07) is 6.65. The standard InChI is InChI=1S/C8H9NO2.H2/c1-11-8(10)6-3-2-4-7(9)5-6;/h2-5H,9H2,1H3;1H. The van der Waals surface area contributed by atoms with E-state index in [1.165, 1.54) is 7.11 Å². The Morgan fingerprint density at radius 1 is 1.64 bits per heavy atom. The van der Waals surface area contributed by atoms with Crippen LogP contribution in [0.3, 0.4) is 0 Å². The zero-order chi connectivity index (χ0) is 8.27. The Bertz CT molecular complexity index is 276. The number of carbonyl (C=O) groups is 1. The molecule has 1 aromatic rings. The molecule has 0 aliphatic carbocycles. The predicted octanol–water partition coefficient (Wildman–Crippen LogP) is 1.30. The lowest BCUT2D eigenvalue weighted by Crippen LogP contribution is -2.01. The minimum Gasteiger partial charge on any atom is -0.465 e. The molecule has 3 heteroatoms. The van der Waals surface area contributed by atoms with Gasteiger partial charge in [-0.1, -0.05) is 6.07 Å². The van der Waals surface area contributed by atoms with Crippen molar-refractivity contribution in [1.29, 1.82) is 0 Å². The Morgan fingerprint density at radius 3 is 2.91 bits per heavy atom. The average molecular weight is 153 g/mol. The molecule has 3 nitrogen and oxygen atoms in total. The number of rotatable bonds is 1. The van der Waals surface area contributed by atoms with Gasteiger partial charge in [0.15, 0.2) is 0 Å². The summed E-state index contributed by atoms with van der Waals surface area (Å²) in [6.07, 6.45) is 0. The summed E-state index contributed by atoms with van der Waals surface area (Å²) in [7, 11) is 1.34. The quantitative estimate of drug-likeness (QED) is 0.488. The van der Waals surface area contributed by atoms with Crippen LogP contribution in [0, 0.1) is 0 Å². The molecule has 2 N–H and O–H groups in total. The Morgan fingerprint density at radius 2 is 2.36 bits per heavy atom. The largest absolute Gasteiger partial charge is 0.465 e. The van der Waals surface area contributed by atoms with Gasteiger partial charge in [0.1, 0.15) is 0 Å². The third-order valence-electron chi connectivity index (χ3n) is 1.31. The number of nitrogens with two attached hydrogens (primary N) is 1. The molecule has 0 heterocycles. The van der Waals surface area contributed by atoms with Gasteiger partial charge >= 0.3 is 5.97 Å². The molecule has 1 aromatic carbocycles. The highest BCUT2D eigenvalue weighted by Crippen LogP contribution is 2.06. The number of benzene rings is 1. The minimum absolute atomic E-state index is 0.